The van der Waals surface area contributed by atoms with Crippen molar-refractivity contribution in [3.63, 3.8) is 0 Å². The summed E-state index contributed by atoms with van der Waals surface area (Å²) in [6.07, 6.45) is 0.201. The molecule has 1 fully saturated rings. The van der Waals surface area contributed by atoms with Crippen LogP contribution in [0.15, 0.2) is 0 Å². The fourth-order valence-electron chi connectivity index (χ4n) is 1.65. The number of nitrogens with zero attached hydrogens (tertiary/aromatic N) is 2. The van der Waals surface area contributed by atoms with Crippen LogP contribution in [-0.4, -0.2) is 23.3 Å². The summed E-state index contributed by atoms with van der Waals surface area (Å²) in [5.74, 6) is -0.865. The smallest absolute Gasteiger partial charge is 0.229 e. The molecule has 2 rings (SSSR count). The minimum atomic E-state index is -0.416. The van der Waals surface area contributed by atoms with Gasteiger partial charge in [0.05, 0.1) is 11.6 Å². The molecule has 1 unspecified atom stereocenters. The van der Waals surface area contributed by atoms with Crippen LogP contribution in [0.1, 0.15) is 17.0 Å². The first-order valence-corrected chi connectivity index (χ1v) is 5.84. The lowest BCUT2D eigenvalue weighted by Crippen LogP contribution is -2.28. The predicted molar refractivity (Wildman–Crippen MR) is 61.2 cm³/mol. The third kappa shape index (κ3) is 1.80. The zero-order valence-corrected chi connectivity index (χ0v) is 10.0. The SMILES string of the molecule is Cc1nc(N2CC(C(N)=O)CC2=O)sc1C. The Morgan fingerprint density at radius 2 is 2.25 bits per heavy atom. The number of carbonyl (C=O) groups is 2. The number of aromatic nitrogens is 1. The van der Waals surface area contributed by atoms with Crippen LogP contribution in [0, 0.1) is 19.8 Å². The van der Waals surface area contributed by atoms with E-state index in [2.05, 4.69) is 4.98 Å². The Morgan fingerprint density at radius 1 is 1.56 bits per heavy atom. The fourth-order valence-corrected chi connectivity index (χ4v) is 2.59. The van der Waals surface area contributed by atoms with Gasteiger partial charge in [-0.1, -0.05) is 0 Å². The van der Waals surface area contributed by atoms with E-state index in [0.717, 1.165) is 10.6 Å². The van der Waals surface area contributed by atoms with E-state index < -0.39 is 5.91 Å². The third-order valence-electron chi connectivity index (χ3n) is 2.78. The van der Waals surface area contributed by atoms with Crippen LogP contribution in [0.5, 0.6) is 0 Å². The van der Waals surface area contributed by atoms with Crippen molar-refractivity contribution >= 4 is 28.3 Å². The first kappa shape index (κ1) is 11.1. The molecule has 0 bridgehead atoms. The summed E-state index contributed by atoms with van der Waals surface area (Å²) in [5, 5.41) is 0.670. The van der Waals surface area contributed by atoms with E-state index in [1.165, 1.54) is 11.3 Å². The largest absolute Gasteiger partial charge is 0.369 e. The number of carbonyl (C=O) groups excluding carboxylic acids is 2. The molecule has 0 aromatic carbocycles. The molecular formula is C10H13N3O2S. The zero-order valence-electron chi connectivity index (χ0n) is 9.19. The van der Waals surface area contributed by atoms with E-state index >= 15 is 0 Å². The van der Waals surface area contributed by atoms with Gasteiger partial charge in [-0.2, -0.15) is 0 Å². The maximum atomic E-state index is 11.7. The van der Waals surface area contributed by atoms with Crippen LogP contribution in [0.25, 0.3) is 0 Å². The molecule has 2 amide bonds. The average Bonchev–Trinajstić information content (AvgIpc) is 2.72. The molecule has 5 nitrogen and oxygen atoms in total. The molecule has 1 aromatic rings. The molecule has 0 saturated carbocycles. The Hall–Kier alpha value is -1.43. The number of nitrogens with two attached hydrogens (primary N) is 1. The van der Waals surface area contributed by atoms with E-state index in [9.17, 15) is 9.59 Å². The lowest BCUT2D eigenvalue weighted by molar-refractivity contribution is -0.123. The highest BCUT2D eigenvalue weighted by Crippen LogP contribution is 2.30. The van der Waals surface area contributed by atoms with Gasteiger partial charge in [-0.3, -0.25) is 14.5 Å². The highest BCUT2D eigenvalue weighted by molar-refractivity contribution is 7.15. The molecule has 1 aromatic heterocycles. The van der Waals surface area contributed by atoms with Gasteiger partial charge in [0, 0.05) is 17.8 Å². The van der Waals surface area contributed by atoms with Crippen molar-refractivity contribution in [1.82, 2.24) is 4.98 Å². The Bertz CT molecular complexity index is 435. The Labute approximate surface area is 97.3 Å². The second-order valence-corrected chi connectivity index (χ2v) is 5.13. The first-order chi connectivity index (χ1) is 7.49. The van der Waals surface area contributed by atoms with Crippen LogP contribution >= 0.6 is 11.3 Å². The molecule has 0 radical (unpaired) electrons. The highest BCUT2D eigenvalue weighted by atomic mass is 32.1. The summed E-state index contributed by atoms with van der Waals surface area (Å²) in [6, 6.07) is 0. The lowest BCUT2D eigenvalue weighted by atomic mass is 10.1. The van der Waals surface area contributed by atoms with Crippen LogP contribution in [0.4, 0.5) is 5.13 Å². The molecule has 1 aliphatic rings. The number of rotatable bonds is 2. The Balaban J connectivity index is 2.23. The zero-order chi connectivity index (χ0) is 11.9. The molecule has 6 heteroatoms. The number of hydrogen-bond donors (Lipinski definition) is 1. The van der Waals surface area contributed by atoms with Crippen molar-refractivity contribution in [2.24, 2.45) is 11.7 Å². The van der Waals surface area contributed by atoms with E-state index in [1.54, 1.807) is 4.90 Å². The quantitative estimate of drug-likeness (QED) is 0.821. The fraction of sp³-hybridized carbons (Fsp3) is 0.500. The maximum absolute atomic E-state index is 11.7. The van der Waals surface area contributed by atoms with Crippen molar-refractivity contribution in [3.05, 3.63) is 10.6 Å². The van der Waals surface area contributed by atoms with Crippen LogP contribution in [0.3, 0.4) is 0 Å². The van der Waals surface area contributed by atoms with Gasteiger partial charge in [0.25, 0.3) is 0 Å². The standard InChI is InChI=1S/C10H13N3O2S/c1-5-6(2)16-10(12-5)13-4-7(9(11)15)3-8(13)14/h7H,3-4H2,1-2H3,(H2,11,15). The lowest BCUT2D eigenvalue weighted by Gasteiger charge is -2.11. The molecule has 86 valence electrons. The van der Waals surface area contributed by atoms with Crippen molar-refractivity contribution < 1.29 is 9.59 Å². The molecular weight excluding hydrogens is 226 g/mol. The third-order valence-corrected chi connectivity index (χ3v) is 3.87. The normalized spacial score (nSPS) is 20.5. The van der Waals surface area contributed by atoms with Gasteiger partial charge in [-0.05, 0) is 13.8 Å². The van der Waals surface area contributed by atoms with E-state index in [4.69, 9.17) is 5.73 Å². The number of hydrogen-bond acceptors (Lipinski definition) is 4. The van der Waals surface area contributed by atoms with E-state index in [0.29, 0.717) is 11.7 Å². The average molecular weight is 239 g/mol. The van der Waals surface area contributed by atoms with Gasteiger partial charge in [-0.25, -0.2) is 4.98 Å². The number of amides is 2. The second kappa shape index (κ2) is 3.86. The molecule has 2 heterocycles. The maximum Gasteiger partial charge on any atom is 0.229 e. The van der Waals surface area contributed by atoms with Gasteiger partial charge in [-0.15, -0.1) is 11.3 Å². The van der Waals surface area contributed by atoms with Crippen molar-refractivity contribution in [1.29, 1.82) is 0 Å². The van der Waals surface area contributed by atoms with Crippen molar-refractivity contribution in [2.75, 3.05) is 11.4 Å². The summed E-state index contributed by atoms with van der Waals surface area (Å²) in [4.78, 5) is 29.7. The number of thiazole rings is 1. The molecule has 0 aliphatic carbocycles. The molecule has 2 N–H and O–H groups in total. The number of anilines is 1. The van der Waals surface area contributed by atoms with Gasteiger partial charge >= 0.3 is 0 Å². The molecule has 0 spiro atoms. The van der Waals surface area contributed by atoms with Crippen molar-refractivity contribution in [3.8, 4) is 0 Å². The minimum absolute atomic E-state index is 0.0717. The monoisotopic (exact) mass is 239 g/mol. The molecule has 1 atom stereocenters. The second-order valence-electron chi connectivity index (χ2n) is 3.95. The molecule has 16 heavy (non-hydrogen) atoms. The van der Waals surface area contributed by atoms with Gasteiger partial charge in [0.2, 0.25) is 11.8 Å². The van der Waals surface area contributed by atoms with Gasteiger partial charge in [0.1, 0.15) is 0 Å². The minimum Gasteiger partial charge on any atom is -0.369 e. The van der Waals surface area contributed by atoms with Crippen LogP contribution in [0.2, 0.25) is 0 Å². The number of aryl methyl sites for hydroxylation is 2. The topological polar surface area (TPSA) is 76.3 Å². The Kier molecular flexibility index (Phi) is 2.67. The summed E-state index contributed by atoms with van der Waals surface area (Å²) in [5.41, 5.74) is 6.13. The Morgan fingerprint density at radius 3 is 2.69 bits per heavy atom. The van der Waals surface area contributed by atoms with Crippen molar-refractivity contribution in [2.45, 2.75) is 20.3 Å². The molecule has 1 aliphatic heterocycles. The summed E-state index contributed by atoms with van der Waals surface area (Å²) < 4.78 is 0. The van der Waals surface area contributed by atoms with E-state index in [1.807, 2.05) is 13.8 Å². The summed E-state index contributed by atoms with van der Waals surface area (Å²) in [7, 11) is 0. The highest BCUT2D eigenvalue weighted by Gasteiger charge is 2.35. The van der Waals surface area contributed by atoms with Crippen LogP contribution in [-0.2, 0) is 9.59 Å². The number of primary amides is 1. The molecule has 1 saturated heterocycles. The summed E-state index contributed by atoms with van der Waals surface area (Å²) >= 11 is 1.47. The van der Waals surface area contributed by atoms with Gasteiger partial charge < -0.3 is 5.73 Å². The summed E-state index contributed by atoms with van der Waals surface area (Å²) in [6.45, 7) is 4.23. The predicted octanol–water partition coefficient (Wildman–Crippen LogP) is 0.598. The van der Waals surface area contributed by atoms with E-state index in [-0.39, 0.29) is 18.2 Å². The van der Waals surface area contributed by atoms with Crippen LogP contribution < -0.4 is 10.6 Å². The first-order valence-electron chi connectivity index (χ1n) is 5.02. The van der Waals surface area contributed by atoms with Gasteiger partial charge in [0.15, 0.2) is 5.13 Å².